The van der Waals surface area contributed by atoms with Crippen LogP contribution >= 0.6 is 22.6 Å². The van der Waals surface area contributed by atoms with Gasteiger partial charge in [-0.1, -0.05) is 0 Å². The third kappa shape index (κ3) is 6.40. The van der Waals surface area contributed by atoms with Gasteiger partial charge >= 0.3 is 5.97 Å². The third-order valence-corrected chi connectivity index (χ3v) is 4.95. The normalized spacial score (nSPS) is 18.1. The van der Waals surface area contributed by atoms with E-state index in [1.165, 1.54) is 7.11 Å². The first-order valence-electron chi connectivity index (χ1n) is 8.44. The summed E-state index contributed by atoms with van der Waals surface area (Å²) in [6.07, 6.45) is 2.65. The summed E-state index contributed by atoms with van der Waals surface area (Å²) in [5, 5.41) is 3.41. The number of carbonyl (C=O) groups excluding carboxylic acids is 1. The van der Waals surface area contributed by atoms with Crippen LogP contribution < -0.4 is 10.1 Å². The number of hydrogen-bond donors (Lipinski definition) is 1. The van der Waals surface area contributed by atoms with Crippen LogP contribution in [-0.4, -0.2) is 52.8 Å². The van der Waals surface area contributed by atoms with Gasteiger partial charge in [0.15, 0.2) is 6.79 Å². The summed E-state index contributed by atoms with van der Waals surface area (Å²) in [6, 6.07) is 6.11. The smallest absolute Gasteiger partial charge is 0.310 e. The lowest BCUT2D eigenvalue weighted by Crippen LogP contribution is -2.37. The van der Waals surface area contributed by atoms with Gasteiger partial charge in [0.05, 0.1) is 26.2 Å². The van der Waals surface area contributed by atoms with Crippen LogP contribution in [0.2, 0.25) is 0 Å². The summed E-state index contributed by atoms with van der Waals surface area (Å²) in [5.41, 5.74) is 0.992. The molecule has 1 saturated heterocycles. The molecule has 140 valence electrons. The van der Waals surface area contributed by atoms with E-state index in [2.05, 4.69) is 34.0 Å². The summed E-state index contributed by atoms with van der Waals surface area (Å²) in [7, 11) is 3.07. The summed E-state index contributed by atoms with van der Waals surface area (Å²) in [6.45, 7) is 2.11. The van der Waals surface area contributed by atoms with Crippen molar-refractivity contribution in [2.45, 2.75) is 25.3 Å². The Balaban J connectivity index is 2.06. The number of halogens is 1. The lowest BCUT2D eigenvalue weighted by molar-refractivity contribution is -0.146. The average molecular weight is 463 g/mol. The summed E-state index contributed by atoms with van der Waals surface area (Å²) in [4.78, 5) is 12.3. The van der Waals surface area contributed by atoms with Gasteiger partial charge in [-0.05, 0) is 72.2 Å². The van der Waals surface area contributed by atoms with Crippen molar-refractivity contribution in [1.82, 2.24) is 5.32 Å². The van der Waals surface area contributed by atoms with Crippen LogP contribution in [0.4, 0.5) is 0 Å². The standard InChI is InChI=1S/C18H26INO5/c1-22-8-9-24-12-25-17-6-5-14(19)10-13(17)11-15(18(21)23-2)16-4-3-7-20-16/h5-6,10,15-16,20H,3-4,7-9,11-12H2,1-2H3. The largest absolute Gasteiger partial charge is 0.469 e. The van der Waals surface area contributed by atoms with Crippen molar-refractivity contribution >= 4 is 28.6 Å². The van der Waals surface area contributed by atoms with Crippen molar-refractivity contribution in [2.24, 2.45) is 5.92 Å². The molecule has 25 heavy (non-hydrogen) atoms. The fourth-order valence-corrected chi connectivity index (χ4v) is 3.54. The minimum atomic E-state index is -0.220. The SMILES string of the molecule is COCCOCOc1ccc(I)cc1CC(C(=O)OC)C1CCCN1. The first-order valence-corrected chi connectivity index (χ1v) is 9.52. The molecule has 0 amide bonds. The monoisotopic (exact) mass is 463 g/mol. The van der Waals surface area contributed by atoms with Gasteiger partial charge in [-0.3, -0.25) is 4.79 Å². The Labute approximate surface area is 162 Å². The van der Waals surface area contributed by atoms with Crippen LogP contribution in [-0.2, 0) is 25.4 Å². The molecule has 0 bridgehead atoms. The molecule has 1 N–H and O–H groups in total. The number of nitrogens with one attached hydrogen (secondary N) is 1. The Morgan fingerprint density at radius 3 is 2.88 bits per heavy atom. The van der Waals surface area contributed by atoms with Crippen molar-refractivity contribution in [3.05, 3.63) is 27.3 Å². The number of benzene rings is 1. The van der Waals surface area contributed by atoms with Crippen molar-refractivity contribution in [3.63, 3.8) is 0 Å². The van der Waals surface area contributed by atoms with E-state index in [0.717, 1.165) is 34.3 Å². The van der Waals surface area contributed by atoms with Crippen LogP contribution in [0.15, 0.2) is 18.2 Å². The number of carbonyl (C=O) groups is 1. The molecule has 1 aromatic rings. The minimum absolute atomic E-state index is 0.149. The minimum Gasteiger partial charge on any atom is -0.469 e. The molecule has 6 nitrogen and oxygen atoms in total. The maximum Gasteiger partial charge on any atom is 0.310 e. The molecule has 2 rings (SSSR count). The fraction of sp³-hybridized carbons (Fsp3) is 0.611. The fourth-order valence-electron chi connectivity index (χ4n) is 2.99. The molecule has 0 saturated carbocycles. The lowest BCUT2D eigenvalue weighted by atomic mass is 9.91. The van der Waals surface area contributed by atoms with E-state index in [9.17, 15) is 4.79 Å². The molecule has 0 radical (unpaired) electrons. The zero-order chi connectivity index (χ0) is 18.1. The highest BCUT2D eigenvalue weighted by atomic mass is 127. The predicted octanol–water partition coefficient (Wildman–Crippen LogP) is 2.37. The molecule has 0 aliphatic carbocycles. The van der Waals surface area contributed by atoms with Crippen LogP contribution in [0, 0.1) is 9.49 Å². The maximum absolute atomic E-state index is 12.3. The molecule has 1 fully saturated rings. The van der Waals surface area contributed by atoms with E-state index in [1.54, 1.807) is 7.11 Å². The Hall–Kier alpha value is -0.900. The highest BCUT2D eigenvalue weighted by molar-refractivity contribution is 14.1. The zero-order valence-electron chi connectivity index (χ0n) is 14.8. The van der Waals surface area contributed by atoms with Gasteiger partial charge in [0.2, 0.25) is 0 Å². The van der Waals surface area contributed by atoms with Gasteiger partial charge in [-0.25, -0.2) is 0 Å². The molecular formula is C18H26INO5. The first kappa shape index (κ1) is 20.4. The Kier molecular flexibility index (Phi) is 8.94. The molecule has 2 unspecified atom stereocenters. The number of ether oxygens (including phenoxy) is 4. The zero-order valence-corrected chi connectivity index (χ0v) is 16.9. The number of methoxy groups -OCH3 is 2. The molecule has 1 aliphatic heterocycles. The second kappa shape index (κ2) is 10.9. The lowest BCUT2D eigenvalue weighted by Gasteiger charge is -2.23. The second-order valence-corrected chi connectivity index (χ2v) is 7.20. The average Bonchev–Trinajstić information content (AvgIpc) is 3.14. The topological polar surface area (TPSA) is 66.0 Å². The highest BCUT2D eigenvalue weighted by Crippen LogP contribution is 2.28. The Morgan fingerprint density at radius 1 is 1.36 bits per heavy atom. The van der Waals surface area contributed by atoms with E-state index < -0.39 is 0 Å². The Morgan fingerprint density at radius 2 is 2.20 bits per heavy atom. The van der Waals surface area contributed by atoms with E-state index in [4.69, 9.17) is 18.9 Å². The van der Waals surface area contributed by atoms with E-state index in [1.807, 2.05) is 12.1 Å². The molecule has 1 aromatic carbocycles. The van der Waals surface area contributed by atoms with Crippen LogP contribution in [0.3, 0.4) is 0 Å². The first-order chi connectivity index (χ1) is 12.2. The molecule has 1 aliphatic rings. The molecular weight excluding hydrogens is 437 g/mol. The van der Waals surface area contributed by atoms with Crippen molar-refractivity contribution in [1.29, 1.82) is 0 Å². The van der Waals surface area contributed by atoms with Gasteiger partial charge in [-0.2, -0.15) is 0 Å². The number of hydrogen-bond acceptors (Lipinski definition) is 6. The second-order valence-electron chi connectivity index (χ2n) is 5.95. The number of rotatable bonds is 10. The van der Waals surface area contributed by atoms with Crippen LogP contribution in [0.1, 0.15) is 18.4 Å². The van der Waals surface area contributed by atoms with Gasteiger partial charge in [-0.15, -0.1) is 0 Å². The predicted molar refractivity (Wildman–Crippen MR) is 103 cm³/mol. The molecule has 0 aromatic heterocycles. The van der Waals surface area contributed by atoms with Gasteiger partial charge in [0.25, 0.3) is 0 Å². The molecule has 1 heterocycles. The van der Waals surface area contributed by atoms with Crippen LogP contribution in [0.5, 0.6) is 5.75 Å². The van der Waals surface area contributed by atoms with Crippen LogP contribution in [0.25, 0.3) is 0 Å². The van der Waals surface area contributed by atoms with Crippen molar-refractivity contribution in [3.8, 4) is 5.75 Å². The van der Waals surface area contributed by atoms with Gasteiger partial charge in [0, 0.05) is 16.7 Å². The Bertz CT molecular complexity index is 548. The maximum atomic E-state index is 12.3. The summed E-state index contributed by atoms with van der Waals surface area (Å²) < 4.78 is 22.2. The molecule has 0 spiro atoms. The molecule has 2 atom stereocenters. The number of esters is 1. The van der Waals surface area contributed by atoms with E-state index in [0.29, 0.717) is 19.6 Å². The highest BCUT2D eigenvalue weighted by Gasteiger charge is 2.32. The summed E-state index contributed by atoms with van der Waals surface area (Å²) in [5.74, 6) is 0.341. The molecule has 7 heteroatoms. The van der Waals surface area contributed by atoms with Gasteiger partial charge < -0.3 is 24.3 Å². The van der Waals surface area contributed by atoms with Crippen molar-refractivity contribution < 1.29 is 23.7 Å². The quantitative estimate of drug-likeness (QED) is 0.249. The van der Waals surface area contributed by atoms with Gasteiger partial charge in [0.1, 0.15) is 5.75 Å². The summed E-state index contributed by atoms with van der Waals surface area (Å²) >= 11 is 2.26. The van der Waals surface area contributed by atoms with E-state index in [-0.39, 0.29) is 24.7 Å². The third-order valence-electron chi connectivity index (χ3n) is 4.28. The van der Waals surface area contributed by atoms with Crippen molar-refractivity contribution in [2.75, 3.05) is 40.8 Å². The van der Waals surface area contributed by atoms with E-state index >= 15 is 0 Å².